The summed E-state index contributed by atoms with van der Waals surface area (Å²) in [5.41, 5.74) is 0. The lowest BCUT2D eigenvalue weighted by atomic mass is 10.4. The normalized spacial score (nSPS) is 9.92. The van der Waals surface area contributed by atoms with Crippen molar-refractivity contribution in [2.75, 3.05) is 0 Å². The van der Waals surface area contributed by atoms with E-state index in [0.29, 0.717) is 0 Å². The van der Waals surface area contributed by atoms with Crippen molar-refractivity contribution in [1.29, 1.82) is 0 Å². The van der Waals surface area contributed by atoms with Gasteiger partial charge < -0.3 is 0 Å². The van der Waals surface area contributed by atoms with E-state index in [9.17, 15) is 8.42 Å². The molecule has 3 nitrogen and oxygen atoms in total. The fourth-order valence-corrected chi connectivity index (χ4v) is 1.15. The quantitative estimate of drug-likeness (QED) is 0.729. The number of nitrogens with two attached hydrogens (primary N) is 1. The van der Waals surface area contributed by atoms with Gasteiger partial charge in [-0.05, 0) is 12.1 Å². The molecule has 0 saturated heterocycles. The molecule has 12 heavy (non-hydrogen) atoms. The molecule has 0 bridgehead atoms. The van der Waals surface area contributed by atoms with E-state index in [1.54, 1.807) is 18.2 Å². The molecule has 0 aliphatic carbocycles. The van der Waals surface area contributed by atoms with Crippen molar-refractivity contribution in [3.05, 3.63) is 30.3 Å². The maximum absolute atomic E-state index is 10.6. The fraction of sp³-hybridized carbons (Fsp3) is 0.250. The smallest absolute Gasteiger partial charge is 0.225 e. The minimum Gasteiger partial charge on any atom is -0.225 e. The van der Waals surface area contributed by atoms with Crippen molar-refractivity contribution < 1.29 is 9.84 Å². The largest absolute Gasteiger partial charge is 0.238 e. The highest BCUT2D eigenvalue weighted by atomic mass is 32.2. The van der Waals surface area contributed by atoms with Gasteiger partial charge in [-0.3, -0.25) is 0 Å². The summed E-state index contributed by atoms with van der Waals surface area (Å²) in [6, 6.07) is 7.89. The van der Waals surface area contributed by atoms with Gasteiger partial charge in [-0.15, -0.1) is 0 Å². The minimum atomic E-state index is -3.50. The van der Waals surface area contributed by atoms with Gasteiger partial charge in [0, 0.05) is 1.43 Å². The lowest BCUT2D eigenvalue weighted by Crippen LogP contribution is -2.11. The first-order valence-corrected chi connectivity index (χ1v) is 5.23. The second-order valence-corrected chi connectivity index (χ2v) is 3.42. The van der Waals surface area contributed by atoms with Crippen molar-refractivity contribution in [2.45, 2.75) is 18.7 Å². The molecule has 0 fully saturated rings. The zero-order chi connectivity index (χ0) is 9.61. The lowest BCUT2D eigenvalue weighted by molar-refractivity contribution is 0.598. The van der Waals surface area contributed by atoms with Crippen molar-refractivity contribution in [3.63, 3.8) is 0 Å². The van der Waals surface area contributed by atoms with Crippen LogP contribution in [0.15, 0.2) is 35.2 Å². The molecule has 0 aliphatic rings. The molecule has 0 spiro atoms. The number of sulfonamides is 1. The molecule has 0 atom stereocenters. The van der Waals surface area contributed by atoms with E-state index in [4.69, 9.17) is 5.14 Å². The van der Waals surface area contributed by atoms with Gasteiger partial charge in [-0.2, -0.15) is 0 Å². The van der Waals surface area contributed by atoms with E-state index in [2.05, 4.69) is 0 Å². The molecule has 0 amide bonds. The van der Waals surface area contributed by atoms with E-state index in [0.717, 1.165) is 0 Å². The van der Waals surface area contributed by atoms with Crippen LogP contribution in [-0.4, -0.2) is 8.42 Å². The zero-order valence-corrected chi connectivity index (χ0v) is 8.01. The Morgan fingerprint density at radius 2 is 1.58 bits per heavy atom. The first kappa shape index (κ1) is 11.1. The van der Waals surface area contributed by atoms with Crippen LogP contribution >= 0.6 is 0 Å². The average molecular weight is 189 g/mol. The number of rotatable bonds is 1. The van der Waals surface area contributed by atoms with Crippen LogP contribution in [0.5, 0.6) is 0 Å². The molecule has 1 rings (SSSR count). The zero-order valence-electron chi connectivity index (χ0n) is 7.19. The molecule has 0 unspecified atom stereocenters. The van der Waals surface area contributed by atoms with Gasteiger partial charge in [-0.1, -0.05) is 32.0 Å². The van der Waals surface area contributed by atoms with Crippen molar-refractivity contribution in [3.8, 4) is 0 Å². The molecule has 70 valence electrons. The van der Waals surface area contributed by atoms with E-state index in [1.807, 2.05) is 13.8 Å². The van der Waals surface area contributed by atoms with Crippen LogP contribution in [0.3, 0.4) is 0 Å². The molecular weight excluding hydrogens is 174 g/mol. The van der Waals surface area contributed by atoms with Gasteiger partial charge >= 0.3 is 0 Å². The summed E-state index contributed by atoms with van der Waals surface area (Å²) in [4.78, 5) is 0.148. The Balaban J connectivity index is 0. The number of primary sulfonamides is 1. The predicted molar refractivity (Wildman–Crippen MR) is 51.3 cm³/mol. The maximum Gasteiger partial charge on any atom is 0.238 e. The van der Waals surface area contributed by atoms with Crippen molar-refractivity contribution in [2.24, 2.45) is 5.14 Å². The third kappa shape index (κ3) is 3.50. The summed E-state index contributed by atoms with van der Waals surface area (Å²) in [5.74, 6) is 0. The first-order chi connectivity index (χ1) is 5.61. The van der Waals surface area contributed by atoms with E-state index in [1.165, 1.54) is 12.1 Å². The second-order valence-electron chi connectivity index (χ2n) is 1.86. The molecule has 1 aromatic rings. The summed E-state index contributed by atoms with van der Waals surface area (Å²) in [5, 5.41) is 4.83. The SMILES string of the molecule is CC.NS(=O)(=O)c1ccccc1.[HH]. The summed E-state index contributed by atoms with van der Waals surface area (Å²) >= 11 is 0. The molecule has 0 radical (unpaired) electrons. The number of hydrogen-bond acceptors (Lipinski definition) is 2. The summed E-state index contributed by atoms with van der Waals surface area (Å²) in [6.07, 6.45) is 0. The number of hydrogen-bond donors (Lipinski definition) is 1. The van der Waals surface area contributed by atoms with Gasteiger partial charge in [0.2, 0.25) is 10.0 Å². The third-order valence-electron chi connectivity index (χ3n) is 1.07. The van der Waals surface area contributed by atoms with Crippen LogP contribution in [0.2, 0.25) is 0 Å². The fourth-order valence-electron chi connectivity index (χ4n) is 0.610. The Labute approximate surface area is 74.8 Å². The monoisotopic (exact) mass is 189 g/mol. The molecule has 0 aromatic heterocycles. The van der Waals surface area contributed by atoms with E-state index < -0.39 is 10.0 Å². The Morgan fingerprint density at radius 1 is 1.17 bits per heavy atom. The molecule has 2 N–H and O–H groups in total. The van der Waals surface area contributed by atoms with E-state index in [-0.39, 0.29) is 6.32 Å². The summed E-state index contributed by atoms with van der Waals surface area (Å²) < 4.78 is 21.2. The highest BCUT2D eigenvalue weighted by Gasteiger charge is 2.03. The Morgan fingerprint density at radius 3 is 1.83 bits per heavy atom. The average Bonchev–Trinajstić information content (AvgIpc) is 2.08. The van der Waals surface area contributed by atoms with Gasteiger partial charge in [0.1, 0.15) is 0 Å². The van der Waals surface area contributed by atoms with Crippen LogP contribution < -0.4 is 5.14 Å². The highest BCUT2D eigenvalue weighted by molar-refractivity contribution is 7.89. The maximum atomic E-state index is 10.6. The molecule has 0 aliphatic heterocycles. The van der Waals surface area contributed by atoms with Gasteiger partial charge in [-0.25, -0.2) is 13.6 Å². The van der Waals surface area contributed by atoms with Gasteiger partial charge in [0.15, 0.2) is 0 Å². The van der Waals surface area contributed by atoms with Crippen molar-refractivity contribution in [1.82, 2.24) is 0 Å². The minimum absolute atomic E-state index is 0. The van der Waals surface area contributed by atoms with Crippen LogP contribution in [-0.2, 0) is 10.0 Å². The standard InChI is InChI=1S/C6H7NO2S.C2H6.H2/c7-10(8,9)6-4-2-1-3-5-6;1-2;/h1-5H,(H2,7,8,9);1-2H3;1H. The Kier molecular flexibility index (Phi) is 4.54. The molecule has 0 heterocycles. The molecule has 4 heteroatoms. The Hall–Kier alpha value is -0.870. The highest BCUT2D eigenvalue weighted by Crippen LogP contribution is 2.02. The topological polar surface area (TPSA) is 60.2 Å². The lowest BCUT2D eigenvalue weighted by Gasteiger charge is -1.93. The molecule has 0 saturated carbocycles. The number of benzene rings is 1. The van der Waals surface area contributed by atoms with Crippen molar-refractivity contribution >= 4 is 10.0 Å². The first-order valence-electron chi connectivity index (χ1n) is 3.68. The Bertz CT molecular complexity index is 310. The van der Waals surface area contributed by atoms with Crippen LogP contribution in [0.4, 0.5) is 0 Å². The van der Waals surface area contributed by atoms with Crippen LogP contribution in [0.25, 0.3) is 0 Å². The molecular formula is C8H15NO2S. The van der Waals surface area contributed by atoms with Crippen LogP contribution in [0.1, 0.15) is 15.3 Å². The predicted octanol–water partition coefficient (Wildman–Crippen LogP) is 1.61. The third-order valence-corrected chi connectivity index (χ3v) is 2.00. The molecule has 1 aromatic carbocycles. The summed E-state index contributed by atoms with van der Waals surface area (Å²) in [6.45, 7) is 4.00. The second kappa shape index (κ2) is 4.90. The van der Waals surface area contributed by atoms with Gasteiger partial charge in [0.25, 0.3) is 0 Å². The van der Waals surface area contributed by atoms with Gasteiger partial charge in [0.05, 0.1) is 4.90 Å². The van der Waals surface area contributed by atoms with Crippen LogP contribution in [0, 0.1) is 0 Å². The van der Waals surface area contributed by atoms with E-state index >= 15 is 0 Å². The summed E-state index contributed by atoms with van der Waals surface area (Å²) in [7, 11) is -3.50.